The summed E-state index contributed by atoms with van der Waals surface area (Å²) >= 11 is 0. The molecule has 0 amide bonds. The maximum Gasteiger partial charge on any atom is 0.0179 e. The highest BCUT2D eigenvalue weighted by atomic mass is 14.9. The molecule has 1 aliphatic heterocycles. The van der Waals surface area contributed by atoms with Crippen molar-refractivity contribution in [3.05, 3.63) is 35.7 Å². The van der Waals surface area contributed by atoms with Gasteiger partial charge in [-0.15, -0.1) is 0 Å². The number of rotatable bonds is 0. The van der Waals surface area contributed by atoms with Gasteiger partial charge in [0.25, 0.3) is 0 Å². The van der Waals surface area contributed by atoms with Crippen LogP contribution in [0.5, 0.6) is 0 Å². The SMILES string of the molecule is C1=CNC2=C(C=C1)CCCC2. The molecule has 11 heavy (non-hydrogen) atoms. The lowest BCUT2D eigenvalue weighted by atomic mass is 9.96. The van der Waals surface area contributed by atoms with Crippen LogP contribution in [0.2, 0.25) is 0 Å². The zero-order chi connectivity index (χ0) is 7.52. The molecule has 0 atom stereocenters. The number of nitrogens with one attached hydrogen (secondary N) is 1. The van der Waals surface area contributed by atoms with Crippen molar-refractivity contribution < 1.29 is 0 Å². The maximum atomic E-state index is 3.32. The van der Waals surface area contributed by atoms with Crippen LogP contribution in [0.1, 0.15) is 25.7 Å². The van der Waals surface area contributed by atoms with Crippen LogP contribution in [-0.2, 0) is 0 Å². The number of allylic oxidation sites excluding steroid dienone is 5. The van der Waals surface area contributed by atoms with Crippen LogP contribution in [-0.4, -0.2) is 0 Å². The minimum Gasteiger partial charge on any atom is -0.365 e. The van der Waals surface area contributed by atoms with Crippen molar-refractivity contribution in [3.8, 4) is 0 Å². The summed E-state index contributed by atoms with van der Waals surface area (Å²) in [7, 11) is 0. The highest BCUT2D eigenvalue weighted by molar-refractivity contribution is 5.32. The molecule has 58 valence electrons. The third-order valence-corrected chi connectivity index (χ3v) is 2.27. The largest absolute Gasteiger partial charge is 0.365 e. The molecule has 0 unspecified atom stereocenters. The van der Waals surface area contributed by atoms with E-state index in [-0.39, 0.29) is 0 Å². The lowest BCUT2D eigenvalue weighted by Gasteiger charge is -2.16. The van der Waals surface area contributed by atoms with Crippen LogP contribution in [0.25, 0.3) is 0 Å². The molecule has 0 aromatic heterocycles. The molecule has 0 aromatic rings. The molecule has 0 bridgehead atoms. The van der Waals surface area contributed by atoms with E-state index in [2.05, 4.69) is 23.5 Å². The van der Waals surface area contributed by atoms with E-state index in [1.54, 1.807) is 0 Å². The molecule has 0 spiro atoms. The highest BCUT2D eigenvalue weighted by Crippen LogP contribution is 2.24. The quantitative estimate of drug-likeness (QED) is 0.555. The van der Waals surface area contributed by atoms with E-state index < -0.39 is 0 Å². The van der Waals surface area contributed by atoms with Crippen molar-refractivity contribution in [1.29, 1.82) is 0 Å². The van der Waals surface area contributed by atoms with Gasteiger partial charge in [0.1, 0.15) is 0 Å². The smallest absolute Gasteiger partial charge is 0.0179 e. The van der Waals surface area contributed by atoms with Crippen LogP contribution in [0.3, 0.4) is 0 Å². The van der Waals surface area contributed by atoms with E-state index in [0.29, 0.717) is 0 Å². The summed E-state index contributed by atoms with van der Waals surface area (Å²) < 4.78 is 0. The van der Waals surface area contributed by atoms with E-state index in [4.69, 9.17) is 0 Å². The van der Waals surface area contributed by atoms with Crippen molar-refractivity contribution in [2.75, 3.05) is 0 Å². The maximum absolute atomic E-state index is 3.32. The second-order valence-corrected chi connectivity index (χ2v) is 3.07. The van der Waals surface area contributed by atoms with Crippen LogP contribution in [0, 0.1) is 0 Å². The summed E-state index contributed by atoms with van der Waals surface area (Å²) in [6.45, 7) is 0. The van der Waals surface area contributed by atoms with Crippen LogP contribution >= 0.6 is 0 Å². The first-order valence-electron chi connectivity index (χ1n) is 4.28. The summed E-state index contributed by atoms with van der Waals surface area (Å²) in [5.41, 5.74) is 2.93. The first-order chi connectivity index (χ1) is 5.47. The molecule has 1 nitrogen and oxygen atoms in total. The topological polar surface area (TPSA) is 12.0 Å². The average molecular weight is 147 g/mol. The predicted octanol–water partition coefficient (Wildman–Crippen LogP) is 2.49. The fourth-order valence-electron chi connectivity index (χ4n) is 1.65. The molecule has 0 aromatic carbocycles. The Morgan fingerprint density at radius 3 is 3.00 bits per heavy atom. The number of hydrogen-bond donors (Lipinski definition) is 1. The van der Waals surface area contributed by atoms with Crippen molar-refractivity contribution >= 4 is 0 Å². The minimum atomic E-state index is 1.23. The van der Waals surface area contributed by atoms with E-state index in [0.717, 1.165) is 0 Å². The van der Waals surface area contributed by atoms with Gasteiger partial charge in [-0.25, -0.2) is 0 Å². The molecule has 0 radical (unpaired) electrons. The van der Waals surface area contributed by atoms with Crippen molar-refractivity contribution in [3.63, 3.8) is 0 Å². The van der Waals surface area contributed by atoms with Gasteiger partial charge >= 0.3 is 0 Å². The Hall–Kier alpha value is -0.980. The van der Waals surface area contributed by atoms with E-state index in [9.17, 15) is 0 Å². The van der Waals surface area contributed by atoms with Gasteiger partial charge in [-0.2, -0.15) is 0 Å². The summed E-state index contributed by atoms with van der Waals surface area (Å²) in [6, 6.07) is 0. The Morgan fingerprint density at radius 1 is 1.09 bits per heavy atom. The Labute approximate surface area is 67.5 Å². The van der Waals surface area contributed by atoms with Gasteiger partial charge in [0.15, 0.2) is 0 Å². The lowest BCUT2D eigenvalue weighted by Crippen LogP contribution is -2.10. The Balaban J connectivity index is 2.26. The zero-order valence-corrected chi connectivity index (χ0v) is 6.64. The Kier molecular flexibility index (Phi) is 1.80. The third-order valence-electron chi connectivity index (χ3n) is 2.27. The summed E-state index contributed by atoms with van der Waals surface area (Å²) in [4.78, 5) is 0. The van der Waals surface area contributed by atoms with Crippen molar-refractivity contribution in [2.24, 2.45) is 0 Å². The van der Waals surface area contributed by atoms with Crippen molar-refractivity contribution in [2.45, 2.75) is 25.7 Å². The Morgan fingerprint density at radius 2 is 2.00 bits per heavy atom. The molecule has 1 N–H and O–H groups in total. The fourth-order valence-corrected chi connectivity index (χ4v) is 1.65. The third kappa shape index (κ3) is 1.37. The minimum absolute atomic E-state index is 1.23. The first kappa shape index (κ1) is 6.71. The average Bonchev–Trinajstić information content (AvgIpc) is 2.28. The molecule has 1 heteroatoms. The van der Waals surface area contributed by atoms with E-state index in [1.165, 1.54) is 37.0 Å². The van der Waals surface area contributed by atoms with Gasteiger partial charge in [0, 0.05) is 11.9 Å². The van der Waals surface area contributed by atoms with Crippen LogP contribution in [0.15, 0.2) is 35.7 Å². The summed E-state index contributed by atoms with van der Waals surface area (Å²) in [6.07, 6.45) is 13.6. The molecule has 1 aliphatic carbocycles. The Bertz CT molecular complexity index is 233. The van der Waals surface area contributed by atoms with Gasteiger partial charge in [-0.1, -0.05) is 12.2 Å². The predicted molar refractivity (Wildman–Crippen MR) is 46.9 cm³/mol. The second kappa shape index (κ2) is 2.95. The standard InChI is InChI=1S/C10H13N/c1-2-7-10-9(5-1)6-3-4-8-11-10/h3-4,6,8,11H,1-2,5,7H2. The normalized spacial score (nSPS) is 22.5. The van der Waals surface area contributed by atoms with Gasteiger partial charge in [-0.3, -0.25) is 0 Å². The van der Waals surface area contributed by atoms with Crippen LogP contribution < -0.4 is 5.32 Å². The molecule has 1 heterocycles. The van der Waals surface area contributed by atoms with Gasteiger partial charge < -0.3 is 5.32 Å². The second-order valence-electron chi connectivity index (χ2n) is 3.07. The molecule has 0 saturated carbocycles. The first-order valence-corrected chi connectivity index (χ1v) is 4.28. The molecule has 2 aliphatic rings. The van der Waals surface area contributed by atoms with Crippen LogP contribution in [0.4, 0.5) is 0 Å². The monoisotopic (exact) mass is 147 g/mol. The molecule has 2 rings (SSSR count). The van der Waals surface area contributed by atoms with Gasteiger partial charge in [0.2, 0.25) is 0 Å². The summed E-state index contributed by atoms with van der Waals surface area (Å²) in [5.74, 6) is 0. The molecule has 0 saturated heterocycles. The number of hydrogen-bond acceptors (Lipinski definition) is 1. The van der Waals surface area contributed by atoms with E-state index >= 15 is 0 Å². The zero-order valence-electron chi connectivity index (χ0n) is 6.64. The molecule has 0 fully saturated rings. The summed E-state index contributed by atoms with van der Waals surface area (Å²) in [5, 5.41) is 3.32. The highest BCUT2D eigenvalue weighted by Gasteiger charge is 2.09. The molecular formula is C10H13N. The van der Waals surface area contributed by atoms with E-state index in [1.807, 2.05) is 6.20 Å². The van der Waals surface area contributed by atoms with Gasteiger partial charge in [-0.05, 0) is 37.3 Å². The fraction of sp³-hybridized carbons (Fsp3) is 0.400. The lowest BCUT2D eigenvalue weighted by molar-refractivity contribution is 0.658. The molecular weight excluding hydrogens is 134 g/mol. The van der Waals surface area contributed by atoms with Gasteiger partial charge in [0.05, 0.1) is 0 Å². The van der Waals surface area contributed by atoms with Crippen molar-refractivity contribution in [1.82, 2.24) is 5.32 Å².